The van der Waals surface area contributed by atoms with E-state index in [4.69, 9.17) is 23.7 Å². The van der Waals surface area contributed by atoms with Crippen LogP contribution in [0.25, 0.3) is 0 Å². The highest BCUT2D eigenvalue weighted by Gasteiger charge is 2.36. The fourth-order valence-electron chi connectivity index (χ4n) is 6.20. The van der Waals surface area contributed by atoms with Crippen LogP contribution in [-0.2, 0) is 32.1 Å². The molecule has 0 aromatic heterocycles. The van der Waals surface area contributed by atoms with E-state index in [0.717, 1.165) is 16.7 Å². The molecule has 13 heteroatoms. The number of aryl methyl sites for hydroxylation is 2. The highest BCUT2D eigenvalue weighted by molar-refractivity contribution is 6.02. The van der Waals surface area contributed by atoms with Crippen LogP contribution in [0.4, 0.5) is 5.69 Å². The number of hydrogen-bond acceptors (Lipinski definition) is 9. The van der Waals surface area contributed by atoms with E-state index in [2.05, 4.69) is 10.6 Å². The molecule has 1 saturated heterocycles. The van der Waals surface area contributed by atoms with Crippen molar-refractivity contribution in [3.05, 3.63) is 71.3 Å². The molecule has 7 rings (SSSR count). The summed E-state index contributed by atoms with van der Waals surface area (Å²) in [5.41, 5.74) is 3.11. The van der Waals surface area contributed by atoms with E-state index in [1.165, 1.54) is 12.0 Å². The van der Waals surface area contributed by atoms with Gasteiger partial charge in [-0.2, -0.15) is 0 Å². The Morgan fingerprint density at radius 3 is 2.53 bits per heavy atom. The number of amides is 4. The predicted molar refractivity (Wildman–Crippen MR) is 178 cm³/mol. The van der Waals surface area contributed by atoms with Gasteiger partial charge in [0.25, 0.3) is 11.8 Å². The first-order valence-electron chi connectivity index (χ1n) is 16.2. The lowest BCUT2D eigenvalue weighted by Gasteiger charge is -2.40. The average molecular weight is 673 g/mol. The van der Waals surface area contributed by atoms with Crippen LogP contribution in [-0.4, -0.2) is 87.7 Å². The molecule has 13 nitrogen and oxygen atoms in total. The number of carbonyl (C=O) groups is 4. The van der Waals surface area contributed by atoms with Crippen LogP contribution in [0.3, 0.4) is 0 Å². The van der Waals surface area contributed by atoms with Crippen LogP contribution in [0.2, 0.25) is 0 Å². The largest absolute Gasteiger partial charge is 0.496 e. The Labute approximate surface area is 284 Å². The molecule has 4 bridgehead atoms. The SMILES string of the molecule is COc1cc2ccc1CNC(=O)CCc1ccc(OC)c(c1)OCC(=O)N[C@@H]1CN(C(=O)CN3C(=O)COc4ccc(C)cc43)CC[C@@H]1O2. The molecule has 258 valence electrons. The van der Waals surface area contributed by atoms with Gasteiger partial charge >= 0.3 is 0 Å². The fourth-order valence-corrected chi connectivity index (χ4v) is 6.20. The van der Waals surface area contributed by atoms with Gasteiger partial charge in [-0.05, 0) is 60.9 Å². The van der Waals surface area contributed by atoms with Crippen molar-refractivity contribution in [2.75, 3.05) is 52.0 Å². The van der Waals surface area contributed by atoms with Gasteiger partial charge in [0, 0.05) is 44.1 Å². The molecule has 2 N–H and O–H groups in total. The zero-order valence-electron chi connectivity index (χ0n) is 27.8. The first-order valence-corrected chi connectivity index (χ1v) is 16.2. The summed E-state index contributed by atoms with van der Waals surface area (Å²) in [6, 6.07) is 15.6. The topological polar surface area (TPSA) is 145 Å². The minimum Gasteiger partial charge on any atom is -0.496 e. The van der Waals surface area contributed by atoms with E-state index in [1.807, 2.05) is 31.2 Å². The zero-order chi connectivity index (χ0) is 34.5. The molecule has 1 fully saturated rings. The quantitative estimate of drug-likeness (QED) is 0.427. The Kier molecular flexibility index (Phi) is 10.1. The van der Waals surface area contributed by atoms with Crippen molar-refractivity contribution in [1.29, 1.82) is 0 Å². The number of nitrogens with zero attached hydrogens (tertiary/aromatic N) is 2. The van der Waals surface area contributed by atoms with E-state index in [1.54, 1.807) is 42.3 Å². The number of rotatable bonds is 4. The highest BCUT2D eigenvalue weighted by Crippen LogP contribution is 2.33. The fraction of sp³-hybridized carbons (Fsp3) is 0.389. The molecule has 0 radical (unpaired) electrons. The summed E-state index contributed by atoms with van der Waals surface area (Å²) in [4.78, 5) is 55.7. The molecular weight excluding hydrogens is 632 g/mol. The van der Waals surface area contributed by atoms with Crippen LogP contribution >= 0.6 is 0 Å². The molecular formula is C36H40N4O9. The van der Waals surface area contributed by atoms with E-state index in [-0.39, 0.29) is 57.0 Å². The molecule has 3 aromatic carbocycles. The van der Waals surface area contributed by atoms with Crippen LogP contribution in [0.5, 0.6) is 28.7 Å². The van der Waals surface area contributed by atoms with Gasteiger partial charge in [0.2, 0.25) is 11.8 Å². The van der Waals surface area contributed by atoms with Crippen molar-refractivity contribution < 1.29 is 42.9 Å². The monoisotopic (exact) mass is 672 g/mol. The second-order valence-corrected chi connectivity index (χ2v) is 12.2. The van der Waals surface area contributed by atoms with Gasteiger partial charge in [-0.25, -0.2) is 0 Å². The maximum absolute atomic E-state index is 13.7. The summed E-state index contributed by atoms with van der Waals surface area (Å²) in [6.07, 6.45) is 0.606. The Hall–Kier alpha value is -5.46. The maximum Gasteiger partial charge on any atom is 0.265 e. The van der Waals surface area contributed by atoms with Gasteiger partial charge in [-0.15, -0.1) is 0 Å². The number of nitrogens with one attached hydrogen (secondary N) is 2. The van der Waals surface area contributed by atoms with E-state index in [9.17, 15) is 19.2 Å². The van der Waals surface area contributed by atoms with Crippen LogP contribution in [0, 0.1) is 6.92 Å². The summed E-state index contributed by atoms with van der Waals surface area (Å²) in [6.45, 7) is 2.03. The van der Waals surface area contributed by atoms with Crippen LogP contribution in [0.1, 0.15) is 29.5 Å². The summed E-state index contributed by atoms with van der Waals surface area (Å²) in [5.74, 6) is 1.30. The number of carbonyl (C=O) groups excluding carboxylic acids is 4. The van der Waals surface area contributed by atoms with Crippen molar-refractivity contribution in [2.45, 2.75) is 44.9 Å². The second-order valence-electron chi connectivity index (χ2n) is 12.2. The lowest BCUT2D eigenvalue weighted by atomic mass is 10.0. The van der Waals surface area contributed by atoms with Gasteiger partial charge in [0.1, 0.15) is 29.9 Å². The molecule has 49 heavy (non-hydrogen) atoms. The number of ether oxygens (including phenoxy) is 5. The van der Waals surface area contributed by atoms with Gasteiger partial charge in [0.15, 0.2) is 24.7 Å². The Morgan fingerprint density at radius 1 is 0.898 bits per heavy atom. The molecule has 4 heterocycles. The molecule has 0 aliphatic carbocycles. The maximum atomic E-state index is 13.7. The zero-order valence-corrected chi connectivity index (χ0v) is 27.8. The van der Waals surface area contributed by atoms with Gasteiger partial charge in [-0.1, -0.05) is 12.1 Å². The Balaban J connectivity index is 1.24. The first-order chi connectivity index (χ1) is 23.7. The average Bonchev–Trinajstić information content (AvgIpc) is 3.10. The molecule has 0 spiro atoms. The third-order valence-electron chi connectivity index (χ3n) is 8.85. The van der Waals surface area contributed by atoms with E-state index in [0.29, 0.717) is 53.8 Å². The molecule has 2 atom stereocenters. The van der Waals surface area contributed by atoms with Crippen molar-refractivity contribution in [1.82, 2.24) is 15.5 Å². The second kappa shape index (κ2) is 14.8. The summed E-state index contributed by atoms with van der Waals surface area (Å²) in [5, 5.41) is 5.96. The minimum absolute atomic E-state index is 0.126. The van der Waals surface area contributed by atoms with Crippen molar-refractivity contribution in [3.8, 4) is 28.7 Å². The number of piperidine rings is 1. The minimum atomic E-state index is -0.607. The van der Waals surface area contributed by atoms with Gasteiger partial charge < -0.3 is 39.2 Å². The predicted octanol–water partition coefficient (Wildman–Crippen LogP) is 2.54. The number of benzene rings is 3. The van der Waals surface area contributed by atoms with Crippen LogP contribution in [0.15, 0.2) is 54.6 Å². The lowest BCUT2D eigenvalue weighted by molar-refractivity contribution is -0.135. The molecule has 4 aliphatic heterocycles. The first kappa shape index (κ1) is 33.4. The third kappa shape index (κ3) is 7.82. The number of likely N-dealkylation sites (tertiary alicyclic amines) is 1. The van der Waals surface area contributed by atoms with Crippen LogP contribution < -0.4 is 39.2 Å². The van der Waals surface area contributed by atoms with E-state index >= 15 is 0 Å². The van der Waals surface area contributed by atoms with Crippen molar-refractivity contribution >= 4 is 29.3 Å². The lowest BCUT2D eigenvalue weighted by Crippen LogP contribution is -2.60. The molecule has 4 amide bonds. The standard InChI is InChI=1S/C36H40N4O9/c1-22-4-9-29-27(14-22)40(36(44)21-48-29)19-35(43)39-13-12-28-26(18-39)38-34(42)20-47-32-15-23(5-10-30(32)45-2)6-11-33(41)37-17-24-7-8-25(49-28)16-31(24)46-3/h4-5,7-10,14-16,26,28H,6,11-13,17-21H2,1-3H3,(H,37,41)(H,38,42)/t26-,28+/m1/s1. The molecule has 0 saturated carbocycles. The molecule has 0 unspecified atom stereocenters. The Bertz CT molecular complexity index is 1750. The number of anilines is 1. The number of methoxy groups -OCH3 is 2. The van der Waals surface area contributed by atoms with Crippen molar-refractivity contribution in [2.24, 2.45) is 0 Å². The smallest absolute Gasteiger partial charge is 0.265 e. The molecule has 4 aliphatic rings. The summed E-state index contributed by atoms with van der Waals surface area (Å²) >= 11 is 0. The molecule has 3 aromatic rings. The van der Waals surface area contributed by atoms with Gasteiger partial charge in [-0.3, -0.25) is 24.1 Å². The number of hydrogen-bond donors (Lipinski definition) is 2. The highest BCUT2D eigenvalue weighted by atomic mass is 16.5. The van der Waals surface area contributed by atoms with Gasteiger partial charge in [0.05, 0.1) is 25.9 Å². The van der Waals surface area contributed by atoms with Crippen molar-refractivity contribution in [3.63, 3.8) is 0 Å². The van der Waals surface area contributed by atoms with E-state index < -0.39 is 18.1 Å². The summed E-state index contributed by atoms with van der Waals surface area (Å²) in [7, 11) is 3.06. The Morgan fingerprint density at radius 2 is 1.71 bits per heavy atom. The third-order valence-corrected chi connectivity index (χ3v) is 8.85. The summed E-state index contributed by atoms with van der Waals surface area (Å²) < 4.78 is 28.9. The normalized spacial score (nSPS) is 19.7. The number of fused-ring (bicyclic) bond motifs is 10.